The van der Waals surface area contributed by atoms with Crippen molar-refractivity contribution >= 4 is 23.7 Å². The number of piperidine rings is 1. The summed E-state index contributed by atoms with van der Waals surface area (Å²) in [7, 11) is 0. The monoisotopic (exact) mass is 418 g/mol. The maximum Gasteiger partial charge on any atom is 0.257 e. The molecule has 0 radical (unpaired) electrons. The topological polar surface area (TPSA) is 81.8 Å². The summed E-state index contributed by atoms with van der Waals surface area (Å²) in [5, 5.41) is 6.33. The van der Waals surface area contributed by atoms with Crippen LogP contribution in [0.1, 0.15) is 41.6 Å². The van der Waals surface area contributed by atoms with Gasteiger partial charge in [-0.25, -0.2) is 8.78 Å². The molecular weight excluding hydrogens is 394 g/mol. The molecule has 4 heterocycles. The van der Waals surface area contributed by atoms with E-state index < -0.39 is 29.4 Å². The van der Waals surface area contributed by atoms with Gasteiger partial charge in [0.1, 0.15) is 0 Å². The molecule has 5 rings (SSSR count). The van der Waals surface area contributed by atoms with Gasteiger partial charge >= 0.3 is 0 Å². The quantitative estimate of drug-likeness (QED) is 0.555. The van der Waals surface area contributed by atoms with Crippen LogP contribution in [0.5, 0.6) is 0 Å². The second-order valence-electron chi connectivity index (χ2n) is 8.65. The Bertz CT molecular complexity index is 900. The van der Waals surface area contributed by atoms with E-state index in [-0.39, 0.29) is 35.9 Å². The summed E-state index contributed by atoms with van der Waals surface area (Å²) in [5.74, 6) is -3.03. The molecule has 30 heavy (non-hydrogen) atoms. The van der Waals surface area contributed by atoms with Gasteiger partial charge in [0.2, 0.25) is 5.78 Å². The van der Waals surface area contributed by atoms with Gasteiger partial charge in [-0.2, -0.15) is 0 Å². The maximum atomic E-state index is 15.0. The second-order valence-corrected chi connectivity index (χ2v) is 8.65. The third-order valence-electron chi connectivity index (χ3n) is 7.03. The molecule has 4 aliphatic heterocycles. The molecule has 0 aliphatic carbocycles. The van der Waals surface area contributed by atoms with E-state index in [0.717, 1.165) is 25.9 Å². The first-order valence-corrected chi connectivity index (χ1v) is 10.5. The Kier molecular flexibility index (Phi) is 4.82. The number of Topliss-reactive ketones (excluding diaryl/α,β-unsaturated/α-hetero) is 1. The highest BCUT2D eigenvalue weighted by Gasteiger charge is 2.42. The first-order chi connectivity index (χ1) is 14.5. The van der Waals surface area contributed by atoms with E-state index >= 15 is 8.78 Å². The Labute approximate surface area is 172 Å². The van der Waals surface area contributed by atoms with Crippen LogP contribution in [0, 0.1) is 11.6 Å². The van der Waals surface area contributed by atoms with Crippen molar-refractivity contribution in [1.82, 2.24) is 15.5 Å². The van der Waals surface area contributed by atoms with Crippen molar-refractivity contribution in [3.8, 4) is 0 Å². The number of benzene rings is 1. The van der Waals surface area contributed by atoms with Gasteiger partial charge in [-0.05, 0) is 37.3 Å². The van der Waals surface area contributed by atoms with Crippen LogP contribution in [0.3, 0.4) is 0 Å². The van der Waals surface area contributed by atoms with Crippen molar-refractivity contribution in [3.05, 3.63) is 28.8 Å². The fraction of sp³-hybridized carbons (Fsp3) is 0.571. The first kappa shape index (κ1) is 19.6. The summed E-state index contributed by atoms with van der Waals surface area (Å²) >= 11 is 0. The Morgan fingerprint density at radius 1 is 1.03 bits per heavy atom. The number of ketones is 1. The average molecular weight is 418 g/mol. The van der Waals surface area contributed by atoms with Gasteiger partial charge < -0.3 is 20.4 Å². The lowest BCUT2D eigenvalue weighted by atomic mass is 9.97. The van der Waals surface area contributed by atoms with Gasteiger partial charge in [0.15, 0.2) is 17.9 Å². The van der Waals surface area contributed by atoms with E-state index in [1.807, 2.05) is 4.90 Å². The second kappa shape index (κ2) is 7.39. The molecule has 1 amide bonds. The van der Waals surface area contributed by atoms with Crippen LogP contribution < -0.4 is 15.5 Å². The minimum atomic E-state index is -1.06. The summed E-state index contributed by atoms with van der Waals surface area (Å²) in [5.41, 5.74) is 0.594. The van der Waals surface area contributed by atoms with Crippen molar-refractivity contribution in [3.63, 3.8) is 0 Å². The lowest BCUT2D eigenvalue weighted by Gasteiger charge is -2.37. The smallest absolute Gasteiger partial charge is 0.257 e. The van der Waals surface area contributed by atoms with E-state index in [1.54, 1.807) is 11.0 Å². The molecule has 160 valence electrons. The number of carbonyl (C=O) groups is 3. The number of rotatable bonds is 4. The molecule has 0 aromatic heterocycles. The zero-order chi connectivity index (χ0) is 21.0. The molecule has 1 aromatic rings. The molecule has 0 saturated carbocycles. The van der Waals surface area contributed by atoms with Gasteiger partial charge in [0.05, 0.1) is 17.3 Å². The molecule has 4 unspecified atom stereocenters. The highest BCUT2D eigenvalue weighted by Crippen LogP contribution is 2.39. The molecule has 3 saturated heterocycles. The Morgan fingerprint density at radius 3 is 2.37 bits per heavy atom. The van der Waals surface area contributed by atoms with Crippen LogP contribution in [0.15, 0.2) is 6.07 Å². The lowest BCUT2D eigenvalue weighted by molar-refractivity contribution is -0.131. The van der Waals surface area contributed by atoms with E-state index in [0.29, 0.717) is 31.2 Å². The highest BCUT2D eigenvalue weighted by atomic mass is 19.2. The summed E-state index contributed by atoms with van der Waals surface area (Å²) in [6, 6.07) is 1.15. The van der Waals surface area contributed by atoms with Crippen LogP contribution in [0.4, 0.5) is 14.5 Å². The Balaban J connectivity index is 1.39. The molecule has 1 aromatic carbocycles. The third-order valence-corrected chi connectivity index (χ3v) is 7.03. The number of piperazine rings is 1. The van der Waals surface area contributed by atoms with Gasteiger partial charge in [-0.1, -0.05) is 0 Å². The van der Waals surface area contributed by atoms with Crippen LogP contribution in [-0.4, -0.2) is 66.7 Å². The summed E-state index contributed by atoms with van der Waals surface area (Å²) in [6.07, 6.45) is 3.13. The van der Waals surface area contributed by atoms with Crippen molar-refractivity contribution in [2.45, 2.75) is 56.4 Å². The van der Waals surface area contributed by atoms with E-state index in [9.17, 15) is 14.4 Å². The van der Waals surface area contributed by atoms with Crippen LogP contribution in [0.25, 0.3) is 0 Å². The number of halogens is 2. The molecular formula is C21H24F2N4O3. The number of carbonyl (C=O) groups excluding carboxylic acids is 3. The SMILES string of the molecule is O=CC(=O)C1CCC(N2Cc3cc(N4C5CCC4CNC5)c(F)c(F)c3C2=O)CN1. The number of amides is 1. The number of nitrogens with zero attached hydrogens (tertiary/aromatic N) is 2. The fourth-order valence-electron chi connectivity index (χ4n) is 5.51. The molecule has 2 N–H and O–H groups in total. The molecule has 3 fully saturated rings. The highest BCUT2D eigenvalue weighted by molar-refractivity contribution is 6.27. The van der Waals surface area contributed by atoms with E-state index in [4.69, 9.17) is 0 Å². The normalized spacial score (nSPS) is 30.5. The van der Waals surface area contributed by atoms with Gasteiger partial charge in [-0.3, -0.25) is 14.4 Å². The summed E-state index contributed by atoms with van der Waals surface area (Å²) in [6.45, 7) is 2.05. The van der Waals surface area contributed by atoms with Crippen molar-refractivity contribution in [2.75, 3.05) is 24.5 Å². The molecule has 2 bridgehead atoms. The number of hydrogen-bond donors (Lipinski definition) is 2. The largest absolute Gasteiger partial charge is 0.361 e. The van der Waals surface area contributed by atoms with Crippen LogP contribution in [0.2, 0.25) is 0 Å². The van der Waals surface area contributed by atoms with Crippen molar-refractivity contribution in [1.29, 1.82) is 0 Å². The predicted octanol–water partition coefficient (Wildman–Crippen LogP) is 0.750. The van der Waals surface area contributed by atoms with Crippen LogP contribution >= 0.6 is 0 Å². The predicted molar refractivity (Wildman–Crippen MR) is 104 cm³/mol. The van der Waals surface area contributed by atoms with Crippen molar-refractivity contribution < 1.29 is 23.2 Å². The number of aldehydes is 1. The molecule has 4 atom stereocenters. The summed E-state index contributed by atoms with van der Waals surface area (Å²) < 4.78 is 30.1. The average Bonchev–Trinajstić information content (AvgIpc) is 3.22. The zero-order valence-corrected chi connectivity index (χ0v) is 16.5. The number of anilines is 1. The molecule has 9 heteroatoms. The number of hydrogen-bond acceptors (Lipinski definition) is 6. The first-order valence-electron chi connectivity index (χ1n) is 10.5. The molecule has 7 nitrogen and oxygen atoms in total. The van der Waals surface area contributed by atoms with Gasteiger partial charge in [0, 0.05) is 44.3 Å². The third kappa shape index (κ3) is 2.94. The Morgan fingerprint density at radius 2 is 1.73 bits per heavy atom. The van der Waals surface area contributed by atoms with E-state index in [1.165, 1.54) is 0 Å². The fourth-order valence-corrected chi connectivity index (χ4v) is 5.51. The Hall–Kier alpha value is -2.39. The van der Waals surface area contributed by atoms with Crippen LogP contribution in [-0.2, 0) is 16.1 Å². The number of fused-ring (bicyclic) bond motifs is 3. The van der Waals surface area contributed by atoms with Gasteiger partial charge in [-0.15, -0.1) is 0 Å². The van der Waals surface area contributed by atoms with E-state index in [2.05, 4.69) is 10.6 Å². The van der Waals surface area contributed by atoms with Crippen molar-refractivity contribution in [2.24, 2.45) is 0 Å². The standard InChI is InChI=1S/C21H24F2N4O3/c22-19-16(27-13-1-2-14(27)7-24-6-13)5-11-9-26(21(30)18(11)20(19)23)12-3-4-15(25-8-12)17(29)10-28/h5,10,12-15,24-25H,1-4,6-9H2. The molecule has 0 spiro atoms. The number of nitrogens with one attached hydrogen (secondary N) is 2. The van der Waals surface area contributed by atoms with Gasteiger partial charge in [0.25, 0.3) is 5.91 Å². The lowest BCUT2D eigenvalue weighted by Crippen LogP contribution is -2.52. The molecule has 4 aliphatic rings. The summed E-state index contributed by atoms with van der Waals surface area (Å²) in [4.78, 5) is 38.7. The minimum Gasteiger partial charge on any atom is -0.361 e. The maximum absolute atomic E-state index is 15.0. The zero-order valence-electron chi connectivity index (χ0n) is 16.5. The minimum absolute atomic E-state index is 0.138.